The first-order valence-corrected chi connectivity index (χ1v) is 4.68. The van der Waals surface area contributed by atoms with Crippen molar-refractivity contribution in [3.8, 4) is 0 Å². The fourth-order valence-corrected chi connectivity index (χ4v) is 2.29. The first-order valence-electron chi connectivity index (χ1n) is 4.68. The van der Waals surface area contributed by atoms with Crippen molar-refractivity contribution in [2.75, 3.05) is 20.3 Å². The second-order valence-electron chi connectivity index (χ2n) is 4.16. The number of likely N-dealkylation sites (N-methyl/N-ethyl adjacent to an activating group) is 1. The predicted molar refractivity (Wildman–Crippen MR) is 46.0 cm³/mol. The molecule has 0 unspecified atom stereocenters. The third kappa shape index (κ3) is 1.08. The number of hydrogen-bond donors (Lipinski definition) is 2. The standard InChI is InChI=1S/C9H17NO2/c1-10-8-2-4-9(6-11,5-3-8)12-7-8/h10-11H,2-7H2,1H3. The highest BCUT2D eigenvalue weighted by molar-refractivity contribution is 5.03. The molecule has 2 aliphatic heterocycles. The Labute approximate surface area is 73.1 Å². The van der Waals surface area contributed by atoms with E-state index in [1.165, 1.54) is 0 Å². The quantitative estimate of drug-likeness (QED) is 0.627. The van der Waals surface area contributed by atoms with Crippen molar-refractivity contribution in [1.29, 1.82) is 0 Å². The van der Waals surface area contributed by atoms with Gasteiger partial charge in [0, 0.05) is 5.54 Å². The molecule has 3 rings (SSSR count). The van der Waals surface area contributed by atoms with Gasteiger partial charge >= 0.3 is 0 Å². The van der Waals surface area contributed by atoms with E-state index in [1.807, 2.05) is 7.05 Å². The van der Waals surface area contributed by atoms with E-state index in [2.05, 4.69) is 5.32 Å². The zero-order valence-electron chi connectivity index (χ0n) is 7.60. The maximum Gasteiger partial charge on any atom is 0.0914 e. The predicted octanol–water partition coefficient (Wildman–Crippen LogP) is 0.280. The molecule has 70 valence electrons. The summed E-state index contributed by atoms with van der Waals surface area (Å²) in [4.78, 5) is 0. The van der Waals surface area contributed by atoms with Crippen LogP contribution in [0.5, 0.6) is 0 Å². The Morgan fingerprint density at radius 1 is 1.33 bits per heavy atom. The van der Waals surface area contributed by atoms with Crippen LogP contribution in [0.15, 0.2) is 0 Å². The van der Waals surface area contributed by atoms with Crippen LogP contribution < -0.4 is 5.32 Å². The molecule has 0 aromatic rings. The van der Waals surface area contributed by atoms with Crippen LogP contribution in [0.25, 0.3) is 0 Å². The average Bonchev–Trinajstić information content (AvgIpc) is 2.21. The highest BCUT2D eigenvalue weighted by Crippen LogP contribution is 2.42. The molecule has 3 aliphatic rings. The summed E-state index contributed by atoms with van der Waals surface area (Å²) in [6, 6.07) is 0. The van der Waals surface area contributed by atoms with Gasteiger partial charge in [-0.15, -0.1) is 0 Å². The summed E-state index contributed by atoms with van der Waals surface area (Å²) in [5.41, 5.74) is 0.0372. The first-order chi connectivity index (χ1) is 5.74. The third-order valence-corrected chi connectivity index (χ3v) is 3.59. The molecule has 0 spiro atoms. The van der Waals surface area contributed by atoms with Gasteiger partial charge in [0.15, 0.2) is 0 Å². The Morgan fingerprint density at radius 3 is 2.33 bits per heavy atom. The highest BCUT2D eigenvalue weighted by Gasteiger charge is 2.48. The van der Waals surface area contributed by atoms with E-state index in [-0.39, 0.29) is 17.7 Å². The molecular weight excluding hydrogens is 154 g/mol. The van der Waals surface area contributed by atoms with Crippen molar-refractivity contribution in [3.05, 3.63) is 0 Å². The SMILES string of the molecule is CNC12CCC(CO)(CC1)OC2. The Bertz CT molecular complexity index is 137. The van der Waals surface area contributed by atoms with Crippen LogP contribution in [0, 0.1) is 0 Å². The van der Waals surface area contributed by atoms with Gasteiger partial charge in [-0.2, -0.15) is 0 Å². The Hall–Kier alpha value is -0.120. The molecule has 2 heterocycles. The third-order valence-electron chi connectivity index (χ3n) is 3.59. The van der Waals surface area contributed by atoms with Crippen molar-refractivity contribution in [3.63, 3.8) is 0 Å². The van der Waals surface area contributed by atoms with Crippen LogP contribution in [0.4, 0.5) is 0 Å². The van der Waals surface area contributed by atoms with Crippen molar-refractivity contribution in [2.24, 2.45) is 0 Å². The minimum absolute atomic E-state index is 0.182. The van der Waals surface area contributed by atoms with Crippen LogP contribution in [-0.2, 0) is 4.74 Å². The second-order valence-corrected chi connectivity index (χ2v) is 4.16. The number of aliphatic hydroxyl groups excluding tert-OH is 1. The van der Waals surface area contributed by atoms with Gasteiger partial charge in [-0.25, -0.2) is 0 Å². The molecule has 0 radical (unpaired) electrons. The zero-order valence-corrected chi connectivity index (χ0v) is 7.60. The summed E-state index contributed by atoms with van der Waals surface area (Å²) >= 11 is 0. The van der Waals surface area contributed by atoms with Gasteiger partial charge in [-0.1, -0.05) is 0 Å². The van der Waals surface area contributed by atoms with E-state index in [1.54, 1.807) is 0 Å². The summed E-state index contributed by atoms with van der Waals surface area (Å²) in [7, 11) is 2.00. The molecular formula is C9H17NO2. The number of fused-ring (bicyclic) bond motifs is 3. The normalized spacial score (nSPS) is 46.5. The number of hydrogen-bond acceptors (Lipinski definition) is 3. The van der Waals surface area contributed by atoms with Crippen molar-refractivity contribution in [2.45, 2.75) is 36.8 Å². The molecule has 2 N–H and O–H groups in total. The molecule has 0 aromatic heterocycles. The van der Waals surface area contributed by atoms with Gasteiger partial charge in [0.2, 0.25) is 0 Å². The summed E-state index contributed by atoms with van der Waals surface area (Å²) in [6.45, 7) is 0.955. The van der Waals surface area contributed by atoms with Gasteiger partial charge < -0.3 is 15.2 Å². The largest absolute Gasteiger partial charge is 0.393 e. The Balaban J connectivity index is 2.09. The molecule has 12 heavy (non-hydrogen) atoms. The van der Waals surface area contributed by atoms with Crippen molar-refractivity contribution >= 4 is 0 Å². The number of rotatable bonds is 2. The molecule has 0 amide bonds. The van der Waals surface area contributed by atoms with Gasteiger partial charge in [0.05, 0.1) is 18.8 Å². The van der Waals surface area contributed by atoms with Crippen LogP contribution in [-0.4, -0.2) is 36.5 Å². The highest BCUT2D eigenvalue weighted by atomic mass is 16.5. The van der Waals surface area contributed by atoms with Gasteiger partial charge in [0.25, 0.3) is 0 Å². The van der Waals surface area contributed by atoms with Crippen LogP contribution >= 0.6 is 0 Å². The van der Waals surface area contributed by atoms with Crippen LogP contribution in [0.2, 0.25) is 0 Å². The van der Waals surface area contributed by atoms with Gasteiger partial charge in [-0.05, 0) is 32.7 Å². The molecule has 3 nitrogen and oxygen atoms in total. The molecule has 0 aromatic carbocycles. The van der Waals surface area contributed by atoms with E-state index < -0.39 is 0 Å². The molecule has 0 atom stereocenters. The number of aliphatic hydroxyl groups is 1. The maximum atomic E-state index is 9.18. The minimum Gasteiger partial charge on any atom is -0.393 e. The molecule has 3 heteroatoms. The number of ether oxygens (including phenoxy) is 1. The van der Waals surface area contributed by atoms with Crippen molar-refractivity contribution in [1.82, 2.24) is 5.32 Å². The van der Waals surface area contributed by atoms with Crippen LogP contribution in [0.3, 0.4) is 0 Å². The van der Waals surface area contributed by atoms with Gasteiger partial charge in [-0.3, -0.25) is 0 Å². The lowest BCUT2D eigenvalue weighted by atomic mass is 9.71. The summed E-state index contributed by atoms with van der Waals surface area (Å²) in [5, 5.41) is 12.5. The smallest absolute Gasteiger partial charge is 0.0914 e. The monoisotopic (exact) mass is 171 g/mol. The zero-order chi connectivity index (χ0) is 8.66. The topological polar surface area (TPSA) is 41.5 Å². The fourth-order valence-electron chi connectivity index (χ4n) is 2.29. The summed E-state index contributed by atoms with van der Waals surface area (Å²) in [6.07, 6.45) is 4.29. The van der Waals surface area contributed by atoms with E-state index in [4.69, 9.17) is 4.74 Å². The maximum absolute atomic E-state index is 9.18. The average molecular weight is 171 g/mol. The van der Waals surface area contributed by atoms with Crippen molar-refractivity contribution < 1.29 is 9.84 Å². The summed E-state index contributed by atoms with van der Waals surface area (Å²) < 4.78 is 5.70. The van der Waals surface area contributed by atoms with E-state index in [9.17, 15) is 5.11 Å². The second kappa shape index (κ2) is 2.69. The van der Waals surface area contributed by atoms with E-state index in [0.717, 1.165) is 32.3 Å². The van der Waals surface area contributed by atoms with Crippen LogP contribution in [0.1, 0.15) is 25.7 Å². The molecule has 2 saturated heterocycles. The Morgan fingerprint density at radius 2 is 2.00 bits per heavy atom. The van der Waals surface area contributed by atoms with E-state index >= 15 is 0 Å². The number of nitrogens with one attached hydrogen (secondary N) is 1. The van der Waals surface area contributed by atoms with Gasteiger partial charge in [0.1, 0.15) is 0 Å². The fraction of sp³-hybridized carbons (Fsp3) is 1.00. The first kappa shape index (κ1) is 8.48. The Kier molecular flexibility index (Phi) is 1.90. The molecule has 1 saturated carbocycles. The molecule has 1 aliphatic carbocycles. The lowest BCUT2D eigenvalue weighted by molar-refractivity contribution is -0.178. The lowest BCUT2D eigenvalue weighted by Crippen LogP contribution is -2.61. The molecule has 2 bridgehead atoms. The molecule has 3 fully saturated rings. The lowest BCUT2D eigenvalue weighted by Gasteiger charge is -2.52. The minimum atomic E-state index is -0.182. The summed E-state index contributed by atoms with van der Waals surface area (Å²) in [5.74, 6) is 0. The van der Waals surface area contributed by atoms with E-state index in [0.29, 0.717) is 0 Å².